The van der Waals surface area contributed by atoms with E-state index in [4.69, 9.17) is 4.74 Å². The van der Waals surface area contributed by atoms with E-state index in [-0.39, 0.29) is 12.4 Å². The molecule has 1 aliphatic rings. The molecular weight excluding hydrogens is 367 g/mol. The van der Waals surface area contributed by atoms with Crippen LogP contribution in [-0.4, -0.2) is 27.3 Å². The average molecular weight is 384 g/mol. The standard InChI is InChI=1S/C19H17FN4O2S/c1-3-26-18(25)15-11(2)21-19-22-17(12-7-4-5-8-13(12)20)23-24(19)16(15)14-9-6-10-27-14/h4-10,16H,3H2,1-2H3,(H,21,22,23). The van der Waals surface area contributed by atoms with Crippen molar-refractivity contribution < 1.29 is 13.9 Å². The van der Waals surface area contributed by atoms with Crippen molar-refractivity contribution in [2.45, 2.75) is 19.9 Å². The first kappa shape index (κ1) is 17.4. The highest BCUT2D eigenvalue weighted by Crippen LogP contribution is 2.38. The Morgan fingerprint density at radius 2 is 2.15 bits per heavy atom. The number of benzene rings is 1. The number of esters is 1. The summed E-state index contributed by atoms with van der Waals surface area (Å²) in [7, 11) is 0. The highest BCUT2D eigenvalue weighted by molar-refractivity contribution is 7.10. The van der Waals surface area contributed by atoms with Crippen LogP contribution in [0.25, 0.3) is 11.4 Å². The third kappa shape index (κ3) is 3.02. The maximum atomic E-state index is 14.2. The number of halogens is 1. The summed E-state index contributed by atoms with van der Waals surface area (Å²) in [6, 6.07) is 9.71. The van der Waals surface area contributed by atoms with Gasteiger partial charge in [-0.1, -0.05) is 18.2 Å². The Kier molecular flexibility index (Phi) is 4.49. The second-order valence-electron chi connectivity index (χ2n) is 5.99. The zero-order valence-corrected chi connectivity index (χ0v) is 15.6. The smallest absolute Gasteiger partial charge is 0.338 e. The van der Waals surface area contributed by atoms with Crippen LogP contribution in [-0.2, 0) is 9.53 Å². The molecule has 1 aromatic carbocycles. The van der Waals surface area contributed by atoms with Gasteiger partial charge in [0.15, 0.2) is 5.82 Å². The van der Waals surface area contributed by atoms with Gasteiger partial charge >= 0.3 is 5.97 Å². The number of hydrogen-bond donors (Lipinski definition) is 1. The summed E-state index contributed by atoms with van der Waals surface area (Å²) in [5.41, 5.74) is 1.42. The molecule has 3 aromatic rings. The molecule has 1 aliphatic heterocycles. The molecule has 0 bridgehead atoms. The van der Waals surface area contributed by atoms with Crippen molar-refractivity contribution in [3.8, 4) is 11.4 Å². The van der Waals surface area contributed by atoms with E-state index in [9.17, 15) is 9.18 Å². The highest BCUT2D eigenvalue weighted by atomic mass is 32.1. The number of nitrogens with one attached hydrogen (secondary N) is 1. The first-order chi connectivity index (χ1) is 13.1. The van der Waals surface area contributed by atoms with Crippen LogP contribution in [0.5, 0.6) is 0 Å². The number of allylic oxidation sites excluding steroid dienone is 1. The minimum absolute atomic E-state index is 0.259. The molecule has 138 valence electrons. The normalized spacial score (nSPS) is 16.0. The van der Waals surface area contributed by atoms with Crippen LogP contribution < -0.4 is 5.32 Å². The van der Waals surface area contributed by atoms with Crippen LogP contribution in [0.2, 0.25) is 0 Å². The molecule has 0 saturated heterocycles. The number of nitrogens with zero attached hydrogens (tertiary/aromatic N) is 3. The minimum atomic E-state index is -0.478. The van der Waals surface area contributed by atoms with Crippen LogP contribution in [0.15, 0.2) is 53.0 Å². The maximum Gasteiger partial charge on any atom is 0.338 e. The van der Waals surface area contributed by atoms with Crippen LogP contribution in [0.1, 0.15) is 24.8 Å². The second kappa shape index (κ2) is 6.96. The van der Waals surface area contributed by atoms with E-state index in [2.05, 4.69) is 15.4 Å². The topological polar surface area (TPSA) is 69.0 Å². The molecule has 0 amide bonds. The number of thiophene rings is 1. The summed E-state index contributed by atoms with van der Waals surface area (Å²) in [5.74, 6) is -0.0924. The van der Waals surface area contributed by atoms with Crippen LogP contribution in [0.4, 0.5) is 10.3 Å². The molecule has 0 saturated carbocycles. The third-order valence-corrected chi connectivity index (χ3v) is 5.20. The quantitative estimate of drug-likeness (QED) is 0.689. The van der Waals surface area contributed by atoms with E-state index in [1.54, 1.807) is 36.7 Å². The zero-order valence-electron chi connectivity index (χ0n) is 14.8. The van der Waals surface area contributed by atoms with E-state index in [1.807, 2.05) is 17.5 Å². The molecule has 3 heterocycles. The van der Waals surface area contributed by atoms with Crippen molar-refractivity contribution in [3.05, 3.63) is 63.7 Å². The maximum absolute atomic E-state index is 14.2. The molecule has 6 nitrogen and oxygen atoms in total. The highest BCUT2D eigenvalue weighted by Gasteiger charge is 2.36. The van der Waals surface area contributed by atoms with Crippen molar-refractivity contribution in [1.29, 1.82) is 0 Å². The Hall–Kier alpha value is -3.00. The number of carbonyl (C=O) groups excluding carboxylic acids is 1. The van der Waals surface area contributed by atoms with Gasteiger partial charge < -0.3 is 10.1 Å². The van der Waals surface area contributed by atoms with Gasteiger partial charge in [0.2, 0.25) is 5.95 Å². The fourth-order valence-corrected chi connectivity index (χ4v) is 3.91. The van der Waals surface area contributed by atoms with E-state index in [0.29, 0.717) is 22.8 Å². The lowest BCUT2D eigenvalue weighted by Crippen LogP contribution is -2.29. The molecule has 0 spiro atoms. The first-order valence-electron chi connectivity index (χ1n) is 8.50. The molecule has 2 aromatic heterocycles. The van der Waals surface area contributed by atoms with Gasteiger partial charge in [-0.05, 0) is 37.4 Å². The lowest BCUT2D eigenvalue weighted by molar-refractivity contribution is -0.139. The number of anilines is 1. The van der Waals surface area contributed by atoms with Gasteiger partial charge in [0.05, 0.1) is 17.7 Å². The predicted octanol–water partition coefficient (Wildman–Crippen LogP) is 4.00. The van der Waals surface area contributed by atoms with E-state index in [0.717, 1.165) is 4.88 Å². The molecule has 0 fully saturated rings. The zero-order chi connectivity index (χ0) is 19.0. The minimum Gasteiger partial charge on any atom is -0.463 e. The Balaban J connectivity index is 1.86. The molecular formula is C19H17FN4O2S. The lowest BCUT2D eigenvalue weighted by atomic mass is 10.0. The van der Waals surface area contributed by atoms with Crippen LogP contribution in [0.3, 0.4) is 0 Å². The Labute approximate surface area is 159 Å². The monoisotopic (exact) mass is 384 g/mol. The fourth-order valence-electron chi connectivity index (χ4n) is 3.09. The second-order valence-corrected chi connectivity index (χ2v) is 6.96. The summed E-state index contributed by atoms with van der Waals surface area (Å²) in [6.07, 6.45) is 0. The summed E-state index contributed by atoms with van der Waals surface area (Å²) < 4.78 is 21.1. The Morgan fingerprint density at radius 3 is 2.85 bits per heavy atom. The molecule has 0 aliphatic carbocycles. The molecule has 1 atom stereocenters. The van der Waals surface area contributed by atoms with Crippen molar-refractivity contribution >= 4 is 23.3 Å². The van der Waals surface area contributed by atoms with Gasteiger partial charge in [-0.2, -0.15) is 4.98 Å². The lowest BCUT2D eigenvalue weighted by Gasteiger charge is -2.27. The van der Waals surface area contributed by atoms with Crippen LogP contribution in [0, 0.1) is 5.82 Å². The van der Waals surface area contributed by atoms with Gasteiger partial charge in [0.1, 0.15) is 11.9 Å². The number of carbonyl (C=O) groups is 1. The predicted molar refractivity (Wildman–Crippen MR) is 101 cm³/mol. The Morgan fingerprint density at radius 1 is 1.33 bits per heavy atom. The van der Waals surface area contributed by atoms with Crippen molar-refractivity contribution in [2.75, 3.05) is 11.9 Å². The largest absolute Gasteiger partial charge is 0.463 e. The molecule has 1 unspecified atom stereocenters. The average Bonchev–Trinajstić information content (AvgIpc) is 3.30. The number of rotatable bonds is 4. The number of hydrogen-bond acceptors (Lipinski definition) is 6. The van der Waals surface area contributed by atoms with Gasteiger partial charge in [-0.15, -0.1) is 16.4 Å². The van der Waals surface area contributed by atoms with E-state index >= 15 is 0 Å². The van der Waals surface area contributed by atoms with E-state index < -0.39 is 17.8 Å². The molecule has 8 heteroatoms. The van der Waals surface area contributed by atoms with Crippen molar-refractivity contribution in [2.24, 2.45) is 0 Å². The first-order valence-corrected chi connectivity index (χ1v) is 9.38. The summed E-state index contributed by atoms with van der Waals surface area (Å²) in [6.45, 7) is 3.84. The van der Waals surface area contributed by atoms with Gasteiger partial charge in [-0.3, -0.25) is 0 Å². The summed E-state index contributed by atoms with van der Waals surface area (Å²) in [5, 5.41) is 9.55. The number of aromatic nitrogens is 3. The summed E-state index contributed by atoms with van der Waals surface area (Å²) in [4.78, 5) is 18.0. The van der Waals surface area contributed by atoms with E-state index in [1.165, 1.54) is 17.4 Å². The van der Waals surface area contributed by atoms with Gasteiger partial charge in [0, 0.05) is 10.6 Å². The molecule has 0 radical (unpaired) electrons. The number of fused-ring (bicyclic) bond motifs is 1. The molecule has 27 heavy (non-hydrogen) atoms. The van der Waals surface area contributed by atoms with Crippen molar-refractivity contribution in [3.63, 3.8) is 0 Å². The SMILES string of the molecule is CCOC(=O)C1=C(C)Nc2nc(-c3ccccc3F)nn2C1c1cccs1. The summed E-state index contributed by atoms with van der Waals surface area (Å²) >= 11 is 1.51. The fraction of sp³-hybridized carbons (Fsp3) is 0.211. The third-order valence-electron chi connectivity index (χ3n) is 4.28. The molecule has 4 rings (SSSR count). The van der Waals surface area contributed by atoms with Gasteiger partial charge in [0.25, 0.3) is 0 Å². The van der Waals surface area contributed by atoms with Gasteiger partial charge in [-0.25, -0.2) is 13.9 Å². The van der Waals surface area contributed by atoms with Crippen molar-refractivity contribution in [1.82, 2.24) is 14.8 Å². The Bertz CT molecular complexity index is 1030. The van der Waals surface area contributed by atoms with Crippen LogP contribution >= 0.6 is 11.3 Å². The molecule has 1 N–H and O–H groups in total. The number of ether oxygens (including phenoxy) is 1.